The molecule has 186 valence electrons. The van der Waals surface area contributed by atoms with Crippen molar-refractivity contribution in [2.45, 2.75) is 32.3 Å². The van der Waals surface area contributed by atoms with Gasteiger partial charge in [-0.3, -0.25) is 14.5 Å². The first-order chi connectivity index (χ1) is 18.1. The van der Waals surface area contributed by atoms with E-state index in [1.807, 2.05) is 42.9 Å². The summed E-state index contributed by atoms with van der Waals surface area (Å²) in [6.45, 7) is 4.19. The van der Waals surface area contributed by atoms with Crippen LogP contribution < -0.4 is 0 Å². The minimum absolute atomic E-state index is 0.528. The summed E-state index contributed by atoms with van der Waals surface area (Å²) in [5, 5.41) is 12.4. The SMILES string of the molecule is Cc1cc(CC(O)c2ccncc2)c2c(c1)c1c(n2-c2ccc(-c3ccncc3)cn2)CCN(C)CC1. The van der Waals surface area contributed by atoms with Gasteiger partial charge >= 0.3 is 0 Å². The van der Waals surface area contributed by atoms with E-state index in [1.54, 1.807) is 12.4 Å². The van der Waals surface area contributed by atoms with Crippen LogP contribution in [0.1, 0.15) is 34.1 Å². The van der Waals surface area contributed by atoms with E-state index in [4.69, 9.17) is 4.98 Å². The van der Waals surface area contributed by atoms with Crippen molar-refractivity contribution in [3.8, 4) is 16.9 Å². The van der Waals surface area contributed by atoms with Crippen molar-refractivity contribution in [3.05, 3.63) is 107 Å². The van der Waals surface area contributed by atoms with E-state index in [0.717, 1.165) is 59.5 Å². The predicted molar refractivity (Wildman–Crippen MR) is 147 cm³/mol. The van der Waals surface area contributed by atoms with Gasteiger partial charge in [-0.25, -0.2) is 4.98 Å². The van der Waals surface area contributed by atoms with Crippen molar-refractivity contribution in [1.29, 1.82) is 0 Å². The normalized spacial score (nSPS) is 14.9. The summed E-state index contributed by atoms with van der Waals surface area (Å²) in [7, 11) is 2.20. The zero-order chi connectivity index (χ0) is 25.4. The number of hydrogen-bond acceptors (Lipinski definition) is 5. The lowest BCUT2D eigenvalue weighted by Gasteiger charge is -2.17. The van der Waals surface area contributed by atoms with Gasteiger partial charge in [-0.05, 0) is 85.1 Å². The van der Waals surface area contributed by atoms with E-state index in [1.165, 1.54) is 22.2 Å². The molecule has 0 amide bonds. The molecular weight excluding hydrogens is 458 g/mol. The van der Waals surface area contributed by atoms with Crippen LogP contribution >= 0.6 is 0 Å². The topological polar surface area (TPSA) is 67.1 Å². The number of likely N-dealkylation sites (N-methyl/N-ethyl adjacent to an activating group) is 1. The summed E-state index contributed by atoms with van der Waals surface area (Å²) in [4.78, 5) is 15.6. The van der Waals surface area contributed by atoms with Crippen LogP contribution in [0, 0.1) is 6.92 Å². The lowest BCUT2D eigenvalue weighted by Crippen LogP contribution is -2.21. The van der Waals surface area contributed by atoms with Crippen molar-refractivity contribution >= 4 is 10.9 Å². The lowest BCUT2D eigenvalue weighted by molar-refractivity contribution is 0.178. The summed E-state index contributed by atoms with van der Waals surface area (Å²) in [6.07, 6.45) is 10.9. The van der Waals surface area contributed by atoms with E-state index < -0.39 is 6.10 Å². The van der Waals surface area contributed by atoms with Crippen LogP contribution in [-0.4, -0.2) is 49.7 Å². The summed E-state index contributed by atoms with van der Waals surface area (Å²) in [5.74, 6) is 0.914. The highest BCUT2D eigenvalue weighted by Gasteiger charge is 2.25. The third-order valence-corrected chi connectivity index (χ3v) is 7.47. The molecule has 1 unspecified atom stereocenters. The van der Waals surface area contributed by atoms with Gasteiger partial charge in [-0.2, -0.15) is 0 Å². The van der Waals surface area contributed by atoms with Gasteiger partial charge in [0, 0.05) is 73.6 Å². The second-order valence-electron chi connectivity index (χ2n) is 10.0. The highest BCUT2D eigenvalue weighted by Crippen LogP contribution is 2.36. The third-order valence-electron chi connectivity index (χ3n) is 7.47. The molecule has 0 fully saturated rings. The second-order valence-corrected chi connectivity index (χ2v) is 10.0. The molecule has 1 aliphatic rings. The monoisotopic (exact) mass is 489 g/mol. The quantitative estimate of drug-likeness (QED) is 0.372. The fourth-order valence-electron chi connectivity index (χ4n) is 5.58. The molecule has 1 N–H and O–H groups in total. The Morgan fingerprint density at radius 3 is 2.35 bits per heavy atom. The van der Waals surface area contributed by atoms with Gasteiger partial charge in [0.2, 0.25) is 0 Å². The maximum atomic E-state index is 11.2. The van der Waals surface area contributed by atoms with Crippen molar-refractivity contribution in [2.24, 2.45) is 0 Å². The largest absolute Gasteiger partial charge is 0.388 e. The summed E-state index contributed by atoms with van der Waals surface area (Å²) >= 11 is 0. The Morgan fingerprint density at radius 2 is 1.62 bits per heavy atom. The molecule has 6 heteroatoms. The van der Waals surface area contributed by atoms with Crippen LogP contribution in [-0.2, 0) is 19.3 Å². The molecule has 4 aromatic heterocycles. The molecular formula is C31H31N5O. The number of fused-ring (bicyclic) bond motifs is 3. The van der Waals surface area contributed by atoms with Crippen LogP contribution in [0.15, 0.2) is 79.5 Å². The highest BCUT2D eigenvalue weighted by molar-refractivity contribution is 5.91. The molecule has 0 aliphatic carbocycles. The molecule has 1 aromatic carbocycles. The molecule has 5 heterocycles. The molecule has 6 nitrogen and oxygen atoms in total. The number of rotatable bonds is 5. The van der Waals surface area contributed by atoms with E-state index in [0.29, 0.717) is 6.42 Å². The summed E-state index contributed by atoms with van der Waals surface area (Å²) in [5.41, 5.74) is 9.30. The first-order valence-corrected chi connectivity index (χ1v) is 12.9. The van der Waals surface area contributed by atoms with E-state index >= 15 is 0 Å². The first-order valence-electron chi connectivity index (χ1n) is 12.9. The molecule has 1 aliphatic heterocycles. The Bertz CT molecular complexity index is 1530. The number of aliphatic hydroxyl groups is 1. The smallest absolute Gasteiger partial charge is 0.137 e. The minimum atomic E-state index is -0.607. The van der Waals surface area contributed by atoms with Gasteiger partial charge in [0.25, 0.3) is 0 Å². The zero-order valence-electron chi connectivity index (χ0n) is 21.3. The van der Waals surface area contributed by atoms with Crippen molar-refractivity contribution in [3.63, 3.8) is 0 Å². The van der Waals surface area contributed by atoms with Crippen molar-refractivity contribution in [1.82, 2.24) is 24.4 Å². The lowest BCUT2D eigenvalue weighted by atomic mass is 9.97. The van der Waals surface area contributed by atoms with Gasteiger partial charge < -0.3 is 10.0 Å². The molecule has 0 saturated heterocycles. The van der Waals surface area contributed by atoms with Crippen molar-refractivity contribution < 1.29 is 5.11 Å². The fraction of sp³-hybridized carbons (Fsp3) is 0.258. The Hall–Kier alpha value is -3.87. The number of aromatic nitrogens is 4. The molecule has 0 spiro atoms. The standard InChI is InChI=1S/C31H31N5O/c1-21-17-25(19-29(37)23-7-13-33-14-8-23)31-27(18-21)26-9-15-35(2)16-10-28(26)36(31)30-4-3-24(20-34-30)22-5-11-32-12-6-22/h3-8,11-14,17-18,20,29,37H,9-10,15-16,19H2,1-2H3. The molecule has 37 heavy (non-hydrogen) atoms. The van der Waals surface area contributed by atoms with Gasteiger partial charge in [-0.15, -0.1) is 0 Å². The fourth-order valence-corrected chi connectivity index (χ4v) is 5.58. The number of nitrogens with zero attached hydrogens (tertiary/aromatic N) is 5. The number of aliphatic hydroxyl groups excluding tert-OH is 1. The second kappa shape index (κ2) is 9.88. The predicted octanol–water partition coefficient (Wildman–Crippen LogP) is 5.10. The molecule has 0 saturated carbocycles. The van der Waals surface area contributed by atoms with E-state index in [-0.39, 0.29) is 0 Å². The van der Waals surface area contributed by atoms with Crippen molar-refractivity contribution in [2.75, 3.05) is 20.1 Å². The third kappa shape index (κ3) is 4.54. The average molecular weight is 490 g/mol. The van der Waals surface area contributed by atoms with Gasteiger partial charge in [0.1, 0.15) is 5.82 Å². The van der Waals surface area contributed by atoms with Crippen LogP contribution in [0.2, 0.25) is 0 Å². The van der Waals surface area contributed by atoms with Crippen LogP contribution in [0.5, 0.6) is 0 Å². The van der Waals surface area contributed by atoms with Crippen LogP contribution in [0.25, 0.3) is 27.8 Å². The molecule has 5 aromatic rings. The van der Waals surface area contributed by atoms with Gasteiger partial charge in [0.15, 0.2) is 0 Å². The zero-order valence-corrected chi connectivity index (χ0v) is 21.3. The number of aryl methyl sites for hydroxylation is 1. The number of hydrogen-bond donors (Lipinski definition) is 1. The Kier molecular flexibility index (Phi) is 6.28. The van der Waals surface area contributed by atoms with Crippen LogP contribution in [0.3, 0.4) is 0 Å². The van der Waals surface area contributed by atoms with Crippen LogP contribution in [0.4, 0.5) is 0 Å². The minimum Gasteiger partial charge on any atom is -0.388 e. The van der Waals surface area contributed by atoms with E-state index in [2.05, 4.69) is 57.7 Å². The van der Waals surface area contributed by atoms with E-state index in [9.17, 15) is 5.11 Å². The molecule has 6 rings (SSSR count). The summed E-state index contributed by atoms with van der Waals surface area (Å²) < 4.78 is 2.36. The average Bonchev–Trinajstić information content (AvgIpc) is 3.11. The molecule has 1 atom stereocenters. The summed E-state index contributed by atoms with van der Waals surface area (Å²) in [6, 6.07) is 16.6. The maximum Gasteiger partial charge on any atom is 0.137 e. The van der Waals surface area contributed by atoms with Gasteiger partial charge in [-0.1, -0.05) is 11.6 Å². The first kappa shape index (κ1) is 23.5. The number of pyridine rings is 3. The maximum absolute atomic E-state index is 11.2. The number of benzene rings is 1. The highest BCUT2D eigenvalue weighted by atomic mass is 16.3. The molecule has 0 radical (unpaired) electrons. The molecule has 0 bridgehead atoms. The Morgan fingerprint density at radius 1 is 0.892 bits per heavy atom. The Balaban J connectivity index is 1.52. The Labute approximate surface area is 217 Å². The van der Waals surface area contributed by atoms with Gasteiger partial charge in [0.05, 0.1) is 11.6 Å².